The molecule has 1 aromatic rings. The molecule has 0 aromatic carbocycles. The Labute approximate surface area is 89.8 Å². The Morgan fingerprint density at radius 1 is 1.27 bits per heavy atom. The number of aryl methyl sites for hydroxylation is 1. The zero-order valence-corrected chi connectivity index (χ0v) is 9.38. The maximum Gasteiger partial charge on any atom is 0.206 e. The lowest BCUT2D eigenvalue weighted by atomic mass is 10.0. The average molecular weight is 207 g/mol. The minimum absolute atomic E-state index is 0.00898. The number of carbonyl (C=O) groups excluding carboxylic acids is 1. The number of hydrogen-bond donors (Lipinski definition) is 0. The van der Waals surface area contributed by atoms with E-state index < -0.39 is 0 Å². The summed E-state index contributed by atoms with van der Waals surface area (Å²) >= 11 is 0. The number of Topliss-reactive ketones (excluding diaryl/α,β-unsaturated/α-hetero) is 1. The van der Waals surface area contributed by atoms with Gasteiger partial charge in [0, 0.05) is 11.5 Å². The fraction of sp³-hybridized carbons (Fsp3) is 0.667. The molecule has 0 N–H and O–H groups in total. The largest absolute Gasteiger partial charge is 0.353 e. The van der Waals surface area contributed by atoms with Crippen molar-refractivity contribution in [2.45, 2.75) is 46.0 Å². The number of carbonyl (C=O) groups is 1. The maximum absolute atomic E-state index is 11.9. The van der Waals surface area contributed by atoms with Gasteiger partial charge in [-0.15, -0.1) is 0 Å². The molecule has 15 heavy (non-hydrogen) atoms. The second kappa shape index (κ2) is 4.17. The summed E-state index contributed by atoms with van der Waals surface area (Å²) in [7, 11) is 0. The van der Waals surface area contributed by atoms with Gasteiger partial charge in [0.15, 0.2) is 0 Å². The van der Waals surface area contributed by atoms with E-state index in [2.05, 4.69) is 5.16 Å². The predicted octanol–water partition coefficient (Wildman–Crippen LogP) is 2.78. The smallest absolute Gasteiger partial charge is 0.206 e. The first-order valence-corrected chi connectivity index (χ1v) is 5.71. The van der Waals surface area contributed by atoms with E-state index in [9.17, 15) is 4.79 Å². The van der Waals surface area contributed by atoms with E-state index in [0.717, 1.165) is 36.9 Å². The quantitative estimate of drug-likeness (QED) is 0.553. The van der Waals surface area contributed by atoms with Crippen molar-refractivity contribution in [3.05, 3.63) is 17.0 Å². The van der Waals surface area contributed by atoms with Crippen molar-refractivity contribution in [1.29, 1.82) is 0 Å². The van der Waals surface area contributed by atoms with E-state index in [0.29, 0.717) is 5.76 Å². The van der Waals surface area contributed by atoms with Crippen LogP contribution in [-0.4, -0.2) is 10.9 Å². The number of rotatable bonds is 2. The molecule has 0 radical (unpaired) electrons. The van der Waals surface area contributed by atoms with Crippen molar-refractivity contribution in [3.63, 3.8) is 0 Å². The van der Waals surface area contributed by atoms with Gasteiger partial charge in [-0.3, -0.25) is 4.79 Å². The third-order valence-electron chi connectivity index (χ3n) is 2.96. The van der Waals surface area contributed by atoms with Crippen LogP contribution in [0.15, 0.2) is 4.52 Å². The fourth-order valence-electron chi connectivity index (χ4n) is 2.02. The average Bonchev–Trinajstić information content (AvgIpc) is 2.46. The highest BCUT2D eigenvalue weighted by Crippen LogP contribution is 2.24. The molecule has 3 nitrogen and oxygen atoms in total. The zero-order valence-electron chi connectivity index (χ0n) is 9.38. The van der Waals surface area contributed by atoms with Crippen LogP contribution in [0.4, 0.5) is 0 Å². The van der Waals surface area contributed by atoms with E-state index in [1.54, 1.807) is 0 Å². The van der Waals surface area contributed by atoms with Crippen molar-refractivity contribution in [3.8, 4) is 0 Å². The molecule has 0 atom stereocenters. The van der Waals surface area contributed by atoms with Crippen molar-refractivity contribution >= 4 is 5.78 Å². The third-order valence-corrected chi connectivity index (χ3v) is 2.96. The minimum Gasteiger partial charge on any atom is -0.353 e. The van der Waals surface area contributed by atoms with Crippen LogP contribution in [0.25, 0.3) is 0 Å². The SMILES string of the molecule is CC(C)C(=O)c1onc2c1CCCCC2. The van der Waals surface area contributed by atoms with E-state index >= 15 is 0 Å². The fourth-order valence-corrected chi connectivity index (χ4v) is 2.02. The van der Waals surface area contributed by atoms with Crippen molar-refractivity contribution in [1.82, 2.24) is 5.16 Å². The Kier molecular flexibility index (Phi) is 2.89. The number of hydrogen-bond acceptors (Lipinski definition) is 3. The first-order chi connectivity index (χ1) is 7.20. The Morgan fingerprint density at radius 2 is 2.00 bits per heavy atom. The van der Waals surface area contributed by atoms with Crippen LogP contribution in [0.2, 0.25) is 0 Å². The van der Waals surface area contributed by atoms with Gasteiger partial charge in [-0.2, -0.15) is 0 Å². The van der Waals surface area contributed by atoms with Gasteiger partial charge < -0.3 is 4.52 Å². The lowest BCUT2D eigenvalue weighted by molar-refractivity contribution is 0.0900. The van der Waals surface area contributed by atoms with Crippen molar-refractivity contribution in [2.24, 2.45) is 5.92 Å². The van der Waals surface area contributed by atoms with Crippen LogP contribution in [0.5, 0.6) is 0 Å². The molecule has 0 unspecified atom stereocenters. The molecule has 0 spiro atoms. The third kappa shape index (κ3) is 1.96. The molecule has 3 heteroatoms. The molecule has 0 fully saturated rings. The van der Waals surface area contributed by atoms with Crippen LogP contribution >= 0.6 is 0 Å². The summed E-state index contributed by atoms with van der Waals surface area (Å²) in [6.45, 7) is 3.79. The normalized spacial score (nSPS) is 16.2. The van der Waals surface area contributed by atoms with Gasteiger partial charge in [0.1, 0.15) is 0 Å². The molecule has 0 saturated heterocycles. The van der Waals surface area contributed by atoms with Gasteiger partial charge in [-0.1, -0.05) is 25.4 Å². The Bertz CT molecular complexity index is 366. The van der Waals surface area contributed by atoms with Gasteiger partial charge in [0.25, 0.3) is 0 Å². The summed E-state index contributed by atoms with van der Waals surface area (Å²) in [5, 5.41) is 4.02. The van der Waals surface area contributed by atoms with Gasteiger partial charge in [0.05, 0.1) is 5.69 Å². The van der Waals surface area contributed by atoms with Crippen LogP contribution in [-0.2, 0) is 12.8 Å². The molecule has 2 rings (SSSR count). The number of fused-ring (bicyclic) bond motifs is 1. The number of ketones is 1. The minimum atomic E-state index is -0.00898. The molecule has 0 bridgehead atoms. The van der Waals surface area contributed by atoms with E-state index in [4.69, 9.17) is 4.52 Å². The second-order valence-corrected chi connectivity index (χ2v) is 4.52. The lowest BCUT2D eigenvalue weighted by Crippen LogP contribution is -2.09. The number of aromatic nitrogens is 1. The highest BCUT2D eigenvalue weighted by atomic mass is 16.5. The topological polar surface area (TPSA) is 43.1 Å². The highest BCUT2D eigenvalue weighted by Gasteiger charge is 2.24. The van der Waals surface area contributed by atoms with Crippen LogP contribution < -0.4 is 0 Å². The van der Waals surface area contributed by atoms with E-state index in [1.165, 1.54) is 6.42 Å². The molecule has 1 aliphatic rings. The number of nitrogens with zero attached hydrogens (tertiary/aromatic N) is 1. The van der Waals surface area contributed by atoms with E-state index in [1.807, 2.05) is 13.8 Å². The zero-order chi connectivity index (χ0) is 10.8. The summed E-state index contributed by atoms with van der Waals surface area (Å²) < 4.78 is 5.20. The van der Waals surface area contributed by atoms with Crippen LogP contribution in [0.3, 0.4) is 0 Å². The van der Waals surface area contributed by atoms with E-state index in [-0.39, 0.29) is 11.7 Å². The van der Waals surface area contributed by atoms with Crippen LogP contribution in [0.1, 0.15) is 54.9 Å². The summed E-state index contributed by atoms with van der Waals surface area (Å²) in [6, 6.07) is 0. The summed E-state index contributed by atoms with van der Waals surface area (Å²) in [6.07, 6.45) is 5.45. The monoisotopic (exact) mass is 207 g/mol. The first-order valence-electron chi connectivity index (χ1n) is 5.71. The standard InChI is InChI=1S/C12H17NO2/c1-8(2)11(14)12-9-6-4-3-5-7-10(9)13-15-12/h8H,3-7H2,1-2H3. The highest BCUT2D eigenvalue weighted by molar-refractivity contribution is 5.96. The maximum atomic E-state index is 11.9. The van der Waals surface area contributed by atoms with Gasteiger partial charge in [-0.05, 0) is 25.7 Å². The molecule has 1 aromatic heterocycles. The van der Waals surface area contributed by atoms with Gasteiger partial charge in [-0.25, -0.2) is 0 Å². The summed E-state index contributed by atoms with van der Waals surface area (Å²) in [5.74, 6) is 0.595. The van der Waals surface area contributed by atoms with Crippen molar-refractivity contribution in [2.75, 3.05) is 0 Å². The molecule has 0 amide bonds. The second-order valence-electron chi connectivity index (χ2n) is 4.52. The molecular weight excluding hydrogens is 190 g/mol. The van der Waals surface area contributed by atoms with Crippen LogP contribution in [0, 0.1) is 5.92 Å². The Balaban J connectivity index is 2.33. The Hall–Kier alpha value is -1.12. The Morgan fingerprint density at radius 3 is 2.73 bits per heavy atom. The molecule has 1 heterocycles. The van der Waals surface area contributed by atoms with Crippen molar-refractivity contribution < 1.29 is 9.32 Å². The molecule has 0 saturated carbocycles. The first kappa shape index (κ1) is 10.4. The molecule has 82 valence electrons. The molecule has 0 aliphatic heterocycles. The molecule has 1 aliphatic carbocycles. The van der Waals surface area contributed by atoms with Gasteiger partial charge in [0.2, 0.25) is 11.5 Å². The summed E-state index contributed by atoms with van der Waals surface area (Å²) in [5.41, 5.74) is 2.09. The predicted molar refractivity (Wildman–Crippen MR) is 56.9 cm³/mol. The van der Waals surface area contributed by atoms with Gasteiger partial charge >= 0.3 is 0 Å². The lowest BCUT2D eigenvalue weighted by Gasteiger charge is -2.02. The summed E-state index contributed by atoms with van der Waals surface area (Å²) in [4.78, 5) is 11.9. The molecular formula is C12H17NO2.